The number of hydrogen-bond donors (Lipinski definition) is 9. The third-order valence-electron chi connectivity index (χ3n) is 15.0. The lowest BCUT2D eigenvalue weighted by Gasteiger charge is -2.49. The van der Waals surface area contributed by atoms with Gasteiger partial charge in [0, 0.05) is 48.5 Å². The van der Waals surface area contributed by atoms with Crippen LogP contribution in [0.2, 0.25) is 5.02 Å². The zero-order valence-corrected chi connectivity index (χ0v) is 46.8. The van der Waals surface area contributed by atoms with Gasteiger partial charge in [-0.3, -0.25) is 22.8 Å². The summed E-state index contributed by atoms with van der Waals surface area (Å²) in [5.41, 5.74) is 31.5. The number of aromatic nitrogens is 10. The minimum atomic E-state index is -2.88. The number of rotatable bonds is 16. The molecule has 5 aromatic rings. The van der Waals surface area contributed by atoms with Gasteiger partial charge in [-0.1, -0.05) is 16.7 Å². The topological polar surface area (TPSA) is 490 Å². The number of nitrogen functional groups attached to an aromatic ring is 5. The predicted octanol–water partition coefficient (Wildman–Crippen LogP) is -0.436. The number of nitrogens with two attached hydrogens (primary N) is 5. The first-order valence-corrected chi connectivity index (χ1v) is 27.3. The minimum absolute atomic E-state index is 0.0400. The molecule has 14 N–H and O–H groups in total. The molecule has 0 bridgehead atoms. The van der Waals surface area contributed by atoms with Crippen molar-refractivity contribution in [2.45, 2.75) is 143 Å². The Morgan fingerprint density at radius 3 is 1.93 bits per heavy atom. The van der Waals surface area contributed by atoms with Gasteiger partial charge < -0.3 is 77.5 Å². The number of aliphatic hydroxyl groups excluding tert-OH is 4. The summed E-state index contributed by atoms with van der Waals surface area (Å²) >= 11 is 11.3. The number of hydrogen-bond acceptors (Lipinski definition) is 26. The molecule has 0 spiro atoms. The first kappa shape index (κ1) is 58.9. The number of ether oxygens (including phenoxy) is 6. The number of azide groups is 1. The summed E-state index contributed by atoms with van der Waals surface area (Å²) in [5, 5.41) is 56.2. The van der Waals surface area contributed by atoms with Crippen LogP contribution in [-0.2, 0) is 28.4 Å². The van der Waals surface area contributed by atoms with Crippen molar-refractivity contribution in [1.82, 2.24) is 47.8 Å². The molecule has 37 heteroatoms. The lowest BCUT2D eigenvalue weighted by atomic mass is 9.69. The zero-order chi connectivity index (χ0) is 58.8. The van der Waals surface area contributed by atoms with E-state index in [1.165, 1.54) is 24.7 Å². The van der Waals surface area contributed by atoms with E-state index in [-0.39, 0.29) is 81.3 Å². The van der Waals surface area contributed by atoms with Crippen molar-refractivity contribution in [1.29, 1.82) is 0 Å². The maximum atomic E-state index is 15.0. The van der Waals surface area contributed by atoms with Crippen LogP contribution in [0.3, 0.4) is 0 Å². The molecule has 4 unspecified atom stereocenters. The van der Waals surface area contributed by atoms with E-state index in [4.69, 9.17) is 68.7 Å². The summed E-state index contributed by atoms with van der Waals surface area (Å²) in [5.74, 6) is -4.35. The van der Waals surface area contributed by atoms with Crippen molar-refractivity contribution in [2.75, 3.05) is 28.7 Å². The van der Waals surface area contributed by atoms with Crippen LogP contribution >= 0.6 is 50.1 Å². The molecule has 1 radical (unpaired) electrons. The van der Waals surface area contributed by atoms with E-state index in [1.54, 1.807) is 22.6 Å². The molecule has 0 saturated carbocycles. The fraction of sp³-hybridized carbons (Fsp3) is 0.533. The Bertz CT molecular complexity index is 3640. The quantitative estimate of drug-likeness (QED) is 0.0199. The fourth-order valence-corrected chi connectivity index (χ4v) is 12.0. The SMILES string of the molecule is [N-]=[N+]=N[C@H]1C[C@H](n2ccc(N)nc2=O)O[C@@H]1C(O)[C@H]1C[C@H](n2cc(I)c(N)nc2=O)O[C@@]1([C](OC(O)[C@@H]1CC[C@H](n2cc(Br)c(N)nc2=O)O1)C(O)[C@@H]1CC[C@H](n2cc(Cl)c(N)nc2=O)O1)C(O)[C@@H]1CC[C@H](n2cc(F)c(N)nc2=O)O1. The van der Waals surface area contributed by atoms with Crippen molar-refractivity contribution >= 4 is 79.2 Å². The third kappa shape index (κ3) is 11.1. The Labute approximate surface area is 485 Å². The molecule has 0 aromatic carbocycles. The van der Waals surface area contributed by atoms with Gasteiger partial charge in [0.05, 0.1) is 49.7 Å². The molecule has 5 saturated heterocycles. The van der Waals surface area contributed by atoms with Crippen LogP contribution in [0.25, 0.3) is 10.4 Å². The van der Waals surface area contributed by atoms with Crippen LogP contribution < -0.4 is 57.1 Å². The maximum absolute atomic E-state index is 15.0. The van der Waals surface area contributed by atoms with Gasteiger partial charge in [-0.05, 0) is 88.6 Å². The van der Waals surface area contributed by atoms with E-state index in [2.05, 4.69) is 50.9 Å². The average molecular weight is 1350 g/mol. The zero-order valence-electron chi connectivity index (χ0n) is 42.3. The van der Waals surface area contributed by atoms with Crippen LogP contribution in [0, 0.1) is 21.4 Å². The third-order valence-corrected chi connectivity index (χ3v) is 16.7. The van der Waals surface area contributed by atoms with Gasteiger partial charge >= 0.3 is 28.4 Å². The highest BCUT2D eigenvalue weighted by Crippen LogP contribution is 2.56. The molecule has 0 aliphatic carbocycles. The summed E-state index contributed by atoms with van der Waals surface area (Å²) in [6.07, 6.45) is -18.3. The first-order chi connectivity index (χ1) is 39.0. The normalized spacial score (nSPS) is 29.7. The summed E-state index contributed by atoms with van der Waals surface area (Å²) in [4.78, 5) is 88.6. The van der Waals surface area contributed by atoms with Gasteiger partial charge in [0.1, 0.15) is 78.3 Å². The Morgan fingerprint density at radius 1 is 0.720 bits per heavy atom. The van der Waals surface area contributed by atoms with Crippen molar-refractivity contribution in [3.8, 4) is 0 Å². The Hall–Kier alpha value is -6.26. The smallest absolute Gasteiger partial charge is 0.351 e. The molecule has 5 aliphatic rings. The molecule has 10 rings (SSSR count). The van der Waals surface area contributed by atoms with Crippen molar-refractivity contribution in [3.05, 3.63) is 125 Å². The Morgan fingerprint density at radius 2 is 1.27 bits per heavy atom. The van der Waals surface area contributed by atoms with Crippen molar-refractivity contribution in [3.63, 3.8) is 0 Å². The van der Waals surface area contributed by atoms with E-state index >= 15 is 4.39 Å². The Kier molecular flexibility index (Phi) is 16.8. The summed E-state index contributed by atoms with van der Waals surface area (Å²) in [6.45, 7) is 0. The summed E-state index contributed by atoms with van der Waals surface area (Å²) in [7, 11) is 0. The highest BCUT2D eigenvalue weighted by atomic mass is 127. The van der Waals surface area contributed by atoms with Crippen LogP contribution in [0.1, 0.15) is 82.5 Å². The molecular formula is C45H51BrClFIN18O15. The molecule has 82 heavy (non-hydrogen) atoms. The second-order valence-corrected chi connectivity index (χ2v) is 22.3. The van der Waals surface area contributed by atoms with Crippen LogP contribution in [0.5, 0.6) is 0 Å². The second kappa shape index (κ2) is 23.4. The van der Waals surface area contributed by atoms with Gasteiger partial charge in [0.15, 0.2) is 24.0 Å². The molecule has 10 heterocycles. The van der Waals surface area contributed by atoms with E-state index < -0.39 is 150 Å². The van der Waals surface area contributed by atoms with Crippen LogP contribution in [0.4, 0.5) is 33.5 Å². The van der Waals surface area contributed by atoms with Gasteiger partial charge in [0.25, 0.3) is 0 Å². The molecule has 5 fully saturated rings. The van der Waals surface area contributed by atoms with Gasteiger partial charge in [0.2, 0.25) is 0 Å². The van der Waals surface area contributed by atoms with Gasteiger partial charge in [-0.25, -0.2) is 28.4 Å². The molecule has 439 valence electrons. The maximum Gasteiger partial charge on any atom is 0.351 e. The number of anilines is 5. The van der Waals surface area contributed by atoms with Crippen molar-refractivity contribution in [2.24, 2.45) is 11.0 Å². The predicted molar refractivity (Wildman–Crippen MR) is 290 cm³/mol. The van der Waals surface area contributed by atoms with E-state index in [9.17, 15) is 49.9 Å². The van der Waals surface area contributed by atoms with E-state index in [1.807, 2.05) is 0 Å². The van der Waals surface area contributed by atoms with E-state index in [0.717, 1.165) is 35.2 Å². The standard InChI is InChI=1S/C45H51BrClFIN18O15/c46-16-11-64(41(73)57-35(16)51)25-6-3-23(79-25)39(71)81-34(31(69)21-1-4-26(77-21)65-12-17(47)36(52)58-42(65)74)45(33(70)22-2-5-27(78-22)66-13-18(48)37(53)59-43(66)75)15(9-29(82-45)67-14-19(49)38(54)60-44(67)76)30(68)32-20(61-62-55)10-28(80-32)63-8-7-24(50)56-40(63)72/h7-8,11-15,20-23,25-33,39,68-71H,1-6,9-10H2,(H2,50,56,72)(H2,51,57,73)(H2,52,58,74)(H2,53,59,75)(H2,54,60,76)/t15-,20+,21+,22+,23+,25-,26-,27-,28-,29-,30?,31?,32+,33?,39?,45-/m1/s1. The molecule has 16 atom stereocenters. The molecule has 5 aromatic heterocycles. The lowest BCUT2D eigenvalue weighted by Crippen LogP contribution is -2.65. The molecular weight excluding hydrogens is 1290 g/mol. The summed E-state index contributed by atoms with van der Waals surface area (Å²) < 4.78 is 59.2. The van der Waals surface area contributed by atoms with Crippen LogP contribution in [-0.4, -0.2) is 129 Å². The number of aliphatic hydroxyl groups is 4. The fourth-order valence-electron chi connectivity index (χ4n) is 11.1. The number of nitrogens with zero attached hydrogens (tertiary/aromatic N) is 13. The largest absolute Gasteiger partial charge is 0.390 e. The first-order valence-electron chi connectivity index (χ1n) is 25.1. The van der Waals surface area contributed by atoms with Crippen LogP contribution in [0.15, 0.2) is 70.6 Å². The van der Waals surface area contributed by atoms with E-state index in [0.29, 0.717) is 0 Å². The van der Waals surface area contributed by atoms with Crippen molar-refractivity contribution < 1.29 is 53.2 Å². The summed E-state index contributed by atoms with van der Waals surface area (Å²) in [6, 6.07) is -0.0639. The minimum Gasteiger partial charge on any atom is -0.390 e. The number of halogens is 4. The van der Waals surface area contributed by atoms with Gasteiger partial charge in [-0.2, -0.15) is 24.9 Å². The monoisotopic (exact) mass is 1340 g/mol. The highest BCUT2D eigenvalue weighted by Gasteiger charge is 2.68. The molecule has 33 nitrogen and oxygen atoms in total. The van der Waals surface area contributed by atoms with Gasteiger partial charge in [-0.15, -0.1) is 0 Å². The molecule has 0 amide bonds. The Balaban J connectivity index is 1.14. The highest BCUT2D eigenvalue weighted by molar-refractivity contribution is 14.1. The average Bonchev–Trinajstić information content (AvgIpc) is 2.17. The second-order valence-electron chi connectivity index (χ2n) is 19.8. The lowest BCUT2D eigenvalue weighted by molar-refractivity contribution is -0.271. The molecule has 5 aliphatic heterocycles.